The lowest BCUT2D eigenvalue weighted by Gasteiger charge is -2.02. The standard InChI is InChI=1S/C15H12FNO3S/c1-20-15(19)14-12(7-8-21-14)17-13(18)6-5-10-3-2-4-11(16)9-10/h2-9H,1H3,(H,17,18)/b6-5+. The molecule has 0 saturated carbocycles. The van der Waals surface area contributed by atoms with Crippen LogP contribution in [0.2, 0.25) is 0 Å². The molecule has 0 radical (unpaired) electrons. The number of amides is 1. The monoisotopic (exact) mass is 305 g/mol. The number of hydrogen-bond donors (Lipinski definition) is 1. The molecule has 0 saturated heterocycles. The number of carbonyl (C=O) groups is 2. The molecule has 6 heteroatoms. The molecule has 1 aromatic carbocycles. The van der Waals surface area contributed by atoms with Gasteiger partial charge in [0.1, 0.15) is 10.7 Å². The highest BCUT2D eigenvalue weighted by Gasteiger charge is 2.14. The Labute approximate surface area is 124 Å². The van der Waals surface area contributed by atoms with E-state index in [2.05, 4.69) is 10.1 Å². The van der Waals surface area contributed by atoms with E-state index in [1.165, 1.54) is 42.7 Å². The van der Waals surface area contributed by atoms with E-state index in [1.54, 1.807) is 23.6 Å². The smallest absolute Gasteiger partial charge is 0.350 e. The van der Waals surface area contributed by atoms with Crippen molar-refractivity contribution in [2.75, 3.05) is 12.4 Å². The fraction of sp³-hybridized carbons (Fsp3) is 0.0667. The topological polar surface area (TPSA) is 55.4 Å². The largest absolute Gasteiger partial charge is 0.465 e. The summed E-state index contributed by atoms with van der Waals surface area (Å²) in [5, 5.41) is 4.26. The van der Waals surface area contributed by atoms with Gasteiger partial charge in [0.2, 0.25) is 5.91 Å². The zero-order valence-electron chi connectivity index (χ0n) is 11.1. The number of methoxy groups -OCH3 is 1. The first-order valence-electron chi connectivity index (χ1n) is 6.00. The van der Waals surface area contributed by atoms with Crippen molar-refractivity contribution in [1.29, 1.82) is 0 Å². The third-order valence-corrected chi connectivity index (χ3v) is 3.46. The normalized spacial score (nSPS) is 10.6. The summed E-state index contributed by atoms with van der Waals surface area (Å²) in [6, 6.07) is 7.49. The van der Waals surface area contributed by atoms with Crippen LogP contribution in [-0.4, -0.2) is 19.0 Å². The fourth-order valence-electron chi connectivity index (χ4n) is 1.62. The highest BCUT2D eigenvalue weighted by Crippen LogP contribution is 2.23. The van der Waals surface area contributed by atoms with Crippen molar-refractivity contribution in [3.05, 3.63) is 58.0 Å². The summed E-state index contributed by atoms with van der Waals surface area (Å²) < 4.78 is 17.6. The predicted octanol–water partition coefficient (Wildman–Crippen LogP) is 3.33. The molecule has 1 aromatic heterocycles. The lowest BCUT2D eigenvalue weighted by atomic mass is 10.2. The molecule has 21 heavy (non-hydrogen) atoms. The number of esters is 1. The lowest BCUT2D eigenvalue weighted by Crippen LogP contribution is -2.10. The first kappa shape index (κ1) is 14.9. The van der Waals surface area contributed by atoms with Gasteiger partial charge in [-0.2, -0.15) is 0 Å². The number of carbonyl (C=O) groups excluding carboxylic acids is 2. The van der Waals surface area contributed by atoms with Crippen molar-refractivity contribution < 1.29 is 18.7 Å². The Morgan fingerprint density at radius 3 is 2.86 bits per heavy atom. The second-order valence-electron chi connectivity index (χ2n) is 4.03. The predicted molar refractivity (Wildman–Crippen MR) is 79.7 cm³/mol. The van der Waals surface area contributed by atoms with Gasteiger partial charge >= 0.3 is 5.97 Å². The Kier molecular flexibility index (Phi) is 4.84. The van der Waals surface area contributed by atoms with Gasteiger partial charge in [0.05, 0.1) is 12.8 Å². The number of hydrogen-bond acceptors (Lipinski definition) is 4. The maximum Gasteiger partial charge on any atom is 0.350 e. The van der Waals surface area contributed by atoms with Crippen molar-refractivity contribution in [2.24, 2.45) is 0 Å². The molecule has 0 atom stereocenters. The number of anilines is 1. The molecule has 0 aliphatic heterocycles. The van der Waals surface area contributed by atoms with Crippen molar-refractivity contribution in [3.63, 3.8) is 0 Å². The van der Waals surface area contributed by atoms with E-state index < -0.39 is 11.9 Å². The van der Waals surface area contributed by atoms with Gasteiger partial charge in [0.25, 0.3) is 0 Å². The third-order valence-electron chi connectivity index (χ3n) is 2.57. The summed E-state index contributed by atoms with van der Waals surface area (Å²) >= 11 is 1.18. The minimum atomic E-state index is -0.505. The molecular weight excluding hydrogens is 293 g/mol. The number of thiophene rings is 1. The molecule has 1 N–H and O–H groups in total. The Bertz CT molecular complexity index is 694. The SMILES string of the molecule is COC(=O)c1sccc1NC(=O)/C=C/c1cccc(F)c1. The second-order valence-corrected chi connectivity index (χ2v) is 4.95. The molecule has 2 aromatic rings. The summed E-state index contributed by atoms with van der Waals surface area (Å²) in [6.45, 7) is 0. The van der Waals surface area contributed by atoms with Crippen LogP contribution in [0.4, 0.5) is 10.1 Å². The minimum Gasteiger partial charge on any atom is -0.465 e. The Morgan fingerprint density at radius 1 is 1.33 bits per heavy atom. The molecule has 2 rings (SSSR count). The fourth-order valence-corrected chi connectivity index (χ4v) is 2.38. The van der Waals surface area contributed by atoms with Gasteiger partial charge in [-0.1, -0.05) is 12.1 Å². The first-order valence-corrected chi connectivity index (χ1v) is 6.88. The average Bonchev–Trinajstić information content (AvgIpc) is 2.92. The Morgan fingerprint density at radius 2 is 2.14 bits per heavy atom. The Balaban J connectivity index is 2.05. The molecule has 108 valence electrons. The molecule has 0 spiro atoms. The van der Waals surface area contributed by atoms with Crippen LogP contribution in [0.3, 0.4) is 0 Å². The molecule has 1 amide bonds. The number of benzene rings is 1. The molecule has 0 unspecified atom stereocenters. The Hall–Kier alpha value is -2.47. The lowest BCUT2D eigenvalue weighted by molar-refractivity contribution is -0.111. The van der Waals surface area contributed by atoms with Crippen LogP contribution in [0.25, 0.3) is 6.08 Å². The summed E-state index contributed by atoms with van der Waals surface area (Å²) in [4.78, 5) is 23.6. The summed E-state index contributed by atoms with van der Waals surface area (Å²) in [5.41, 5.74) is 0.962. The van der Waals surface area contributed by atoms with Crippen molar-refractivity contribution in [2.45, 2.75) is 0 Å². The van der Waals surface area contributed by atoms with Crippen LogP contribution in [0.1, 0.15) is 15.2 Å². The van der Waals surface area contributed by atoms with E-state index in [9.17, 15) is 14.0 Å². The highest BCUT2D eigenvalue weighted by atomic mass is 32.1. The van der Waals surface area contributed by atoms with Crippen molar-refractivity contribution in [3.8, 4) is 0 Å². The quantitative estimate of drug-likeness (QED) is 0.696. The van der Waals surface area contributed by atoms with E-state index >= 15 is 0 Å². The molecule has 0 aliphatic carbocycles. The van der Waals surface area contributed by atoms with Crippen LogP contribution in [0.5, 0.6) is 0 Å². The van der Waals surface area contributed by atoms with Gasteiger partial charge in [-0.05, 0) is 35.2 Å². The van der Waals surface area contributed by atoms with E-state index in [4.69, 9.17) is 0 Å². The van der Waals surface area contributed by atoms with Crippen molar-refractivity contribution >= 4 is 35.0 Å². The number of ether oxygens (including phenoxy) is 1. The van der Waals surface area contributed by atoms with Crippen LogP contribution in [-0.2, 0) is 9.53 Å². The molecule has 0 bridgehead atoms. The summed E-state index contributed by atoms with van der Waals surface area (Å²) in [5.74, 6) is -1.29. The molecule has 1 heterocycles. The van der Waals surface area contributed by atoms with Crippen LogP contribution >= 0.6 is 11.3 Å². The average molecular weight is 305 g/mol. The van der Waals surface area contributed by atoms with E-state index in [0.29, 0.717) is 16.1 Å². The molecule has 4 nitrogen and oxygen atoms in total. The number of rotatable bonds is 4. The first-order chi connectivity index (χ1) is 10.1. The molecule has 0 fully saturated rings. The van der Waals surface area contributed by atoms with Gasteiger partial charge in [-0.25, -0.2) is 9.18 Å². The number of nitrogens with one attached hydrogen (secondary N) is 1. The van der Waals surface area contributed by atoms with E-state index in [1.807, 2.05) is 0 Å². The van der Waals surface area contributed by atoms with E-state index in [-0.39, 0.29) is 5.82 Å². The number of halogens is 1. The molecule has 0 aliphatic rings. The highest BCUT2D eigenvalue weighted by molar-refractivity contribution is 7.12. The third kappa shape index (κ3) is 4.00. The van der Waals surface area contributed by atoms with Crippen molar-refractivity contribution in [1.82, 2.24) is 0 Å². The summed E-state index contributed by atoms with van der Waals surface area (Å²) in [7, 11) is 1.28. The zero-order valence-corrected chi connectivity index (χ0v) is 11.9. The minimum absolute atomic E-state index is 0.324. The van der Waals surface area contributed by atoms with E-state index in [0.717, 1.165) is 0 Å². The van der Waals surface area contributed by atoms with Crippen LogP contribution < -0.4 is 5.32 Å². The second kappa shape index (κ2) is 6.81. The summed E-state index contributed by atoms with van der Waals surface area (Å²) in [6.07, 6.45) is 2.76. The van der Waals surface area contributed by atoms with Crippen LogP contribution in [0.15, 0.2) is 41.8 Å². The van der Waals surface area contributed by atoms with Gasteiger partial charge < -0.3 is 10.1 Å². The van der Waals surface area contributed by atoms with Gasteiger partial charge in [0, 0.05) is 6.08 Å². The maximum atomic E-state index is 13.0. The van der Waals surface area contributed by atoms with Gasteiger partial charge in [-0.3, -0.25) is 4.79 Å². The van der Waals surface area contributed by atoms with Gasteiger partial charge in [0.15, 0.2) is 0 Å². The maximum absolute atomic E-state index is 13.0. The van der Waals surface area contributed by atoms with Crippen LogP contribution in [0, 0.1) is 5.82 Å². The van der Waals surface area contributed by atoms with Gasteiger partial charge in [-0.15, -0.1) is 11.3 Å². The zero-order chi connectivity index (χ0) is 15.2. The molecular formula is C15H12FNO3S.